The topological polar surface area (TPSA) is 33.6 Å². The number of nitrogens with one attached hydrogen (secondary N) is 1. The summed E-state index contributed by atoms with van der Waals surface area (Å²) in [5.41, 5.74) is 3.92. The maximum atomic E-state index is 6.00. The third-order valence-electron chi connectivity index (χ3n) is 3.44. The van der Waals surface area contributed by atoms with Crippen molar-refractivity contribution >= 4 is 35.0 Å². The van der Waals surface area contributed by atoms with Gasteiger partial charge in [0.1, 0.15) is 0 Å². The van der Waals surface area contributed by atoms with Crippen LogP contribution in [0.15, 0.2) is 36.5 Å². The minimum Gasteiger partial charge on any atom is -0.329 e. The van der Waals surface area contributed by atoms with E-state index in [1.807, 2.05) is 22.8 Å². The van der Waals surface area contributed by atoms with E-state index in [1.54, 1.807) is 6.20 Å². The van der Waals surface area contributed by atoms with Crippen LogP contribution in [0.25, 0.3) is 16.9 Å². The molecule has 0 bridgehead atoms. The van der Waals surface area contributed by atoms with E-state index in [0.29, 0.717) is 9.79 Å². The fraction of sp³-hybridized carbons (Fsp3) is 0.250. The van der Waals surface area contributed by atoms with Gasteiger partial charge in [-0.1, -0.05) is 50.6 Å². The summed E-state index contributed by atoms with van der Waals surface area (Å²) in [6.45, 7) is 6.57. The van der Waals surface area contributed by atoms with E-state index >= 15 is 0 Å². The summed E-state index contributed by atoms with van der Waals surface area (Å²) in [4.78, 5) is 7.61. The van der Waals surface area contributed by atoms with E-state index in [1.165, 1.54) is 5.56 Å². The van der Waals surface area contributed by atoms with Crippen LogP contribution in [0.3, 0.4) is 0 Å². The number of pyridine rings is 1. The predicted octanol–water partition coefficient (Wildman–Crippen LogP) is 5.03. The Kier molecular flexibility index (Phi) is 3.38. The van der Waals surface area contributed by atoms with Gasteiger partial charge in [-0.3, -0.25) is 4.57 Å². The molecule has 3 aromatic rings. The Morgan fingerprint density at radius 3 is 2.67 bits per heavy atom. The molecule has 0 fully saturated rings. The van der Waals surface area contributed by atoms with Crippen LogP contribution in [0.4, 0.5) is 0 Å². The third-order valence-corrected chi connectivity index (χ3v) is 3.93. The van der Waals surface area contributed by atoms with Crippen LogP contribution < -0.4 is 0 Å². The second-order valence-corrected chi connectivity index (χ2v) is 6.88. The van der Waals surface area contributed by atoms with Gasteiger partial charge in [-0.2, -0.15) is 0 Å². The highest BCUT2D eigenvalue weighted by molar-refractivity contribution is 7.71. The van der Waals surface area contributed by atoms with E-state index < -0.39 is 0 Å². The van der Waals surface area contributed by atoms with Gasteiger partial charge in [0.2, 0.25) is 0 Å². The van der Waals surface area contributed by atoms with Crippen LogP contribution in [0.5, 0.6) is 0 Å². The molecule has 5 heteroatoms. The van der Waals surface area contributed by atoms with Gasteiger partial charge in [0.25, 0.3) is 0 Å². The van der Waals surface area contributed by atoms with Crippen LogP contribution in [-0.2, 0) is 5.41 Å². The summed E-state index contributed by atoms with van der Waals surface area (Å²) < 4.78 is 2.60. The van der Waals surface area contributed by atoms with Crippen molar-refractivity contribution in [2.24, 2.45) is 0 Å². The molecule has 0 aliphatic carbocycles. The van der Waals surface area contributed by atoms with Gasteiger partial charge in [-0.15, -0.1) is 0 Å². The lowest BCUT2D eigenvalue weighted by molar-refractivity contribution is 0.586. The number of para-hydroxylation sites is 1. The number of imidazole rings is 1. The molecule has 1 aromatic carbocycles. The zero-order valence-electron chi connectivity index (χ0n) is 12.1. The van der Waals surface area contributed by atoms with Gasteiger partial charge in [-0.05, 0) is 35.3 Å². The molecule has 21 heavy (non-hydrogen) atoms. The number of hydrogen-bond acceptors (Lipinski definition) is 2. The SMILES string of the molecule is CC(C)(C)c1ccccc1-n1c(=S)[nH]c2cc(Cl)cnc21. The van der Waals surface area contributed by atoms with Crippen molar-refractivity contribution in [2.45, 2.75) is 26.2 Å². The highest BCUT2D eigenvalue weighted by atomic mass is 35.5. The summed E-state index contributed by atoms with van der Waals surface area (Å²) in [6.07, 6.45) is 1.64. The Morgan fingerprint density at radius 1 is 1.24 bits per heavy atom. The number of H-pyrrole nitrogens is 1. The van der Waals surface area contributed by atoms with Gasteiger partial charge < -0.3 is 4.98 Å². The molecule has 3 rings (SSSR count). The minimum absolute atomic E-state index is 0.0153. The first-order chi connectivity index (χ1) is 9.88. The highest BCUT2D eigenvalue weighted by Crippen LogP contribution is 2.30. The first kappa shape index (κ1) is 14.3. The number of nitrogens with zero attached hydrogens (tertiary/aromatic N) is 2. The fourth-order valence-electron chi connectivity index (χ4n) is 2.50. The first-order valence-electron chi connectivity index (χ1n) is 6.74. The van der Waals surface area contributed by atoms with Crippen molar-refractivity contribution in [3.63, 3.8) is 0 Å². The standard InChI is InChI=1S/C16H16ClN3S/c1-16(2,3)11-6-4-5-7-13(11)20-14-12(19-15(20)21)8-10(17)9-18-14/h4-9H,1-3H3,(H,19,21). The minimum atomic E-state index is 0.0153. The summed E-state index contributed by atoms with van der Waals surface area (Å²) >= 11 is 11.5. The van der Waals surface area contributed by atoms with E-state index in [2.05, 4.69) is 42.9 Å². The summed E-state index contributed by atoms with van der Waals surface area (Å²) in [6, 6.07) is 10.1. The van der Waals surface area contributed by atoms with Crippen molar-refractivity contribution in [3.05, 3.63) is 51.9 Å². The van der Waals surface area contributed by atoms with Crippen LogP contribution in [-0.4, -0.2) is 14.5 Å². The average molecular weight is 318 g/mol. The van der Waals surface area contributed by atoms with Crippen LogP contribution >= 0.6 is 23.8 Å². The highest BCUT2D eigenvalue weighted by Gasteiger charge is 2.20. The number of benzene rings is 1. The molecular formula is C16H16ClN3S. The van der Waals surface area contributed by atoms with Crippen molar-refractivity contribution < 1.29 is 0 Å². The van der Waals surface area contributed by atoms with Crippen molar-refractivity contribution in [3.8, 4) is 5.69 Å². The number of rotatable bonds is 1. The quantitative estimate of drug-likeness (QED) is 0.638. The first-order valence-corrected chi connectivity index (χ1v) is 7.53. The number of fused-ring (bicyclic) bond motifs is 1. The lowest BCUT2D eigenvalue weighted by Crippen LogP contribution is -2.15. The summed E-state index contributed by atoms with van der Waals surface area (Å²) in [5.74, 6) is 0. The molecule has 0 amide bonds. The number of halogens is 1. The van der Waals surface area contributed by atoms with Crippen molar-refractivity contribution in [1.29, 1.82) is 0 Å². The maximum Gasteiger partial charge on any atom is 0.184 e. The molecular weight excluding hydrogens is 302 g/mol. The molecule has 0 saturated heterocycles. The zero-order chi connectivity index (χ0) is 15.2. The lowest BCUT2D eigenvalue weighted by atomic mass is 9.86. The van der Waals surface area contributed by atoms with Gasteiger partial charge >= 0.3 is 0 Å². The molecule has 3 nitrogen and oxygen atoms in total. The van der Waals surface area contributed by atoms with Crippen molar-refractivity contribution in [1.82, 2.24) is 14.5 Å². The lowest BCUT2D eigenvalue weighted by Gasteiger charge is -2.23. The zero-order valence-corrected chi connectivity index (χ0v) is 13.7. The van der Waals surface area contributed by atoms with Gasteiger partial charge in [0.05, 0.1) is 16.2 Å². The number of hydrogen-bond donors (Lipinski definition) is 1. The second-order valence-electron chi connectivity index (χ2n) is 6.06. The predicted molar refractivity (Wildman–Crippen MR) is 90.0 cm³/mol. The average Bonchev–Trinajstić information content (AvgIpc) is 2.72. The Balaban J connectivity index is 2.37. The largest absolute Gasteiger partial charge is 0.329 e. The molecule has 0 aliphatic rings. The molecule has 108 valence electrons. The second kappa shape index (κ2) is 4.97. The molecule has 0 spiro atoms. The molecule has 0 aliphatic heterocycles. The van der Waals surface area contributed by atoms with Gasteiger partial charge in [-0.25, -0.2) is 4.98 Å². The van der Waals surface area contributed by atoms with Crippen molar-refractivity contribution in [2.75, 3.05) is 0 Å². The van der Waals surface area contributed by atoms with Crippen LogP contribution in [0.2, 0.25) is 5.02 Å². The molecule has 2 heterocycles. The molecule has 2 aromatic heterocycles. The maximum absolute atomic E-state index is 6.00. The van der Waals surface area contributed by atoms with Crippen LogP contribution in [0, 0.1) is 4.77 Å². The van der Waals surface area contributed by atoms with E-state index in [-0.39, 0.29) is 5.41 Å². The molecule has 0 saturated carbocycles. The van der Waals surface area contributed by atoms with Gasteiger partial charge in [0, 0.05) is 6.20 Å². The van der Waals surface area contributed by atoms with E-state index in [4.69, 9.17) is 23.8 Å². The van der Waals surface area contributed by atoms with Gasteiger partial charge in [0.15, 0.2) is 10.4 Å². The molecule has 1 N–H and O–H groups in total. The number of aromatic amines is 1. The molecule has 0 radical (unpaired) electrons. The summed E-state index contributed by atoms with van der Waals surface area (Å²) in [5, 5.41) is 0.593. The normalized spacial score (nSPS) is 12.0. The fourth-order valence-corrected chi connectivity index (χ4v) is 2.95. The molecule has 0 unspecified atom stereocenters. The third kappa shape index (κ3) is 2.49. The number of aromatic nitrogens is 3. The monoisotopic (exact) mass is 317 g/mol. The Labute approximate surface area is 133 Å². The van der Waals surface area contributed by atoms with E-state index in [0.717, 1.165) is 16.9 Å². The van der Waals surface area contributed by atoms with Crippen LogP contribution in [0.1, 0.15) is 26.3 Å². The Morgan fingerprint density at radius 2 is 1.95 bits per heavy atom. The Bertz CT molecular complexity index is 871. The smallest absolute Gasteiger partial charge is 0.184 e. The van der Waals surface area contributed by atoms with E-state index in [9.17, 15) is 0 Å². The molecule has 0 atom stereocenters. The summed E-state index contributed by atoms with van der Waals surface area (Å²) in [7, 11) is 0. The Hall–Kier alpha value is -1.65.